The molecule has 2 saturated heterocycles. The normalized spacial score (nSPS) is 23.1. The van der Waals surface area contributed by atoms with Crippen molar-refractivity contribution in [2.24, 2.45) is 0 Å². The van der Waals surface area contributed by atoms with Crippen molar-refractivity contribution in [3.05, 3.63) is 94.2 Å². The van der Waals surface area contributed by atoms with Crippen LogP contribution < -0.4 is 0 Å². The summed E-state index contributed by atoms with van der Waals surface area (Å²) in [6.07, 6.45) is 0.333. The lowest BCUT2D eigenvalue weighted by Crippen LogP contribution is -2.59. The van der Waals surface area contributed by atoms with Gasteiger partial charge in [-0.1, -0.05) is 66.7 Å². The number of hydrogen-bond acceptors (Lipinski definition) is 4. The Balaban J connectivity index is 1.43. The van der Waals surface area contributed by atoms with Gasteiger partial charge in [0.1, 0.15) is 0 Å². The number of rotatable bonds is 5. The SMILES string of the molecule is O=C(Cc1ccccc1)N1CCO[C@@]2(C1)C(=O)N(Cc1cccs1)C[C@H]2c1ccccc1. The van der Waals surface area contributed by atoms with Crippen LogP contribution in [0.1, 0.15) is 21.9 Å². The van der Waals surface area contributed by atoms with Gasteiger partial charge in [-0.2, -0.15) is 0 Å². The largest absolute Gasteiger partial charge is 0.361 e. The van der Waals surface area contributed by atoms with Crippen molar-refractivity contribution < 1.29 is 14.3 Å². The van der Waals surface area contributed by atoms with Crippen LogP contribution in [0.15, 0.2) is 78.2 Å². The van der Waals surface area contributed by atoms with Crippen LogP contribution in [0.3, 0.4) is 0 Å². The molecule has 2 aromatic carbocycles. The number of carbonyl (C=O) groups excluding carboxylic acids is 2. The van der Waals surface area contributed by atoms with Gasteiger partial charge in [-0.3, -0.25) is 9.59 Å². The number of morpholine rings is 1. The highest BCUT2D eigenvalue weighted by Gasteiger charge is 2.58. The molecule has 1 aromatic heterocycles. The van der Waals surface area contributed by atoms with E-state index >= 15 is 0 Å². The third-order valence-electron chi connectivity index (χ3n) is 6.44. The van der Waals surface area contributed by atoms with E-state index in [1.165, 1.54) is 0 Å². The Labute approximate surface area is 192 Å². The zero-order valence-electron chi connectivity index (χ0n) is 17.9. The summed E-state index contributed by atoms with van der Waals surface area (Å²) in [5.74, 6) is -0.101. The van der Waals surface area contributed by atoms with E-state index < -0.39 is 5.60 Å². The molecule has 5 nitrogen and oxygen atoms in total. The number of thiophene rings is 1. The number of amides is 2. The molecule has 0 bridgehead atoms. The van der Waals surface area contributed by atoms with Gasteiger partial charge in [0.15, 0.2) is 5.60 Å². The van der Waals surface area contributed by atoms with Crippen LogP contribution >= 0.6 is 11.3 Å². The zero-order valence-corrected chi connectivity index (χ0v) is 18.7. The molecule has 2 fully saturated rings. The maximum Gasteiger partial charge on any atom is 0.257 e. The molecule has 1 spiro atoms. The van der Waals surface area contributed by atoms with E-state index in [0.29, 0.717) is 32.7 Å². The summed E-state index contributed by atoms with van der Waals surface area (Å²) in [7, 11) is 0. The Bertz CT molecular complexity index is 1070. The van der Waals surface area contributed by atoms with Crippen LogP contribution in [0.4, 0.5) is 0 Å². The highest BCUT2D eigenvalue weighted by Crippen LogP contribution is 2.42. The minimum absolute atomic E-state index is 0.0167. The van der Waals surface area contributed by atoms with Crippen molar-refractivity contribution in [3.63, 3.8) is 0 Å². The number of likely N-dealkylation sites (tertiary alicyclic amines) is 1. The van der Waals surface area contributed by atoms with Crippen molar-refractivity contribution in [2.75, 3.05) is 26.2 Å². The van der Waals surface area contributed by atoms with Gasteiger partial charge in [0.2, 0.25) is 5.91 Å². The third-order valence-corrected chi connectivity index (χ3v) is 7.30. The lowest BCUT2D eigenvalue weighted by Gasteiger charge is -2.42. The monoisotopic (exact) mass is 446 g/mol. The summed E-state index contributed by atoms with van der Waals surface area (Å²) < 4.78 is 6.30. The van der Waals surface area contributed by atoms with E-state index in [1.54, 1.807) is 11.3 Å². The average molecular weight is 447 g/mol. The Morgan fingerprint density at radius 2 is 1.78 bits per heavy atom. The second kappa shape index (κ2) is 8.88. The Morgan fingerprint density at radius 3 is 2.50 bits per heavy atom. The van der Waals surface area contributed by atoms with Gasteiger partial charge in [0.25, 0.3) is 5.91 Å². The Kier molecular flexibility index (Phi) is 5.81. The van der Waals surface area contributed by atoms with Gasteiger partial charge in [-0.25, -0.2) is 0 Å². The molecule has 32 heavy (non-hydrogen) atoms. The molecule has 0 unspecified atom stereocenters. The smallest absolute Gasteiger partial charge is 0.257 e. The fourth-order valence-corrected chi connectivity index (χ4v) is 5.56. The molecule has 164 valence electrons. The molecule has 0 radical (unpaired) electrons. The maximum absolute atomic E-state index is 13.8. The molecule has 6 heteroatoms. The second-order valence-corrected chi connectivity index (χ2v) is 9.48. The fraction of sp³-hybridized carbons (Fsp3) is 0.308. The summed E-state index contributed by atoms with van der Waals surface area (Å²) in [5, 5.41) is 2.03. The first-order chi connectivity index (χ1) is 15.7. The van der Waals surface area contributed by atoms with E-state index in [1.807, 2.05) is 69.8 Å². The van der Waals surface area contributed by atoms with Gasteiger partial charge in [0, 0.05) is 23.9 Å². The first kappa shape index (κ1) is 20.9. The van der Waals surface area contributed by atoms with Crippen LogP contribution in [-0.4, -0.2) is 53.5 Å². The quantitative estimate of drug-likeness (QED) is 0.600. The van der Waals surface area contributed by atoms with E-state index in [-0.39, 0.29) is 24.3 Å². The molecule has 3 heterocycles. The molecule has 2 aliphatic rings. The van der Waals surface area contributed by atoms with E-state index in [2.05, 4.69) is 18.2 Å². The number of hydrogen-bond donors (Lipinski definition) is 0. The first-order valence-corrected chi connectivity index (χ1v) is 11.9. The molecule has 2 amide bonds. The molecular weight excluding hydrogens is 420 g/mol. The minimum atomic E-state index is -1.04. The predicted octanol–water partition coefficient (Wildman–Crippen LogP) is 3.71. The topological polar surface area (TPSA) is 49.9 Å². The third kappa shape index (κ3) is 3.96. The van der Waals surface area contributed by atoms with Crippen molar-refractivity contribution in [3.8, 4) is 0 Å². The van der Waals surface area contributed by atoms with E-state index in [9.17, 15) is 9.59 Å². The second-order valence-electron chi connectivity index (χ2n) is 8.44. The predicted molar refractivity (Wildman–Crippen MR) is 124 cm³/mol. The maximum atomic E-state index is 13.8. The van der Waals surface area contributed by atoms with Crippen molar-refractivity contribution in [1.82, 2.24) is 9.80 Å². The standard InChI is InChI=1S/C26H26N2O3S/c29-24(16-20-8-3-1-4-9-20)27-13-14-31-26(19-27)23(21-10-5-2-6-11-21)18-28(25(26)30)17-22-12-7-15-32-22/h1-12,15,23H,13-14,16-19H2/t23-,26+/m0/s1. The Morgan fingerprint density at radius 1 is 1.03 bits per heavy atom. The van der Waals surface area contributed by atoms with Crippen molar-refractivity contribution in [2.45, 2.75) is 24.5 Å². The van der Waals surface area contributed by atoms with Gasteiger partial charge >= 0.3 is 0 Å². The van der Waals surface area contributed by atoms with Crippen LogP contribution in [0, 0.1) is 0 Å². The van der Waals surface area contributed by atoms with Gasteiger partial charge in [0.05, 0.1) is 26.1 Å². The first-order valence-electron chi connectivity index (χ1n) is 11.0. The van der Waals surface area contributed by atoms with Crippen molar-refractivity contribution in [1.29, 1.82) is 0 Å². The molecule has 0 aliphatic carbocycles. The number of carbonyl (C=O) groups is 2. The summed E-state index contributed by atoms with van der Waals surface area (Å²) in [6, 6.07) is 23.9. The highest BCUT2D eigenvalue weighted by molar-refractivity contribution is 7.09. The minimum Gasteiger partial charge on any atom is -0.361 e. The van der Waals surface area contributed by atoms with Crippen LogP contribution in [0.2, 0.25) is 0 Å². The highest BCUT2D eigenvalue weighted by atomic mass is 32.1. The van der Waals surface area contributed by atoms with E-state index in [4.69, 9.17) is 4.74 Å². The van der Waals surface area contributed by atoms with Gasteiger partial charge in [-0.15, -0.1) is 11.3 Å². The molecule has 2 aliphatic heterocycles. The summed E-state index contributed by atoms with van der Waals surface area (Å²) in [5.41, 5.74) is 1.02. The molecular formula is C26H26N2O3S. The fourth-order valence-electron chi connectivity index (χ4n) is 4.84. The van der Waals surface area contributed by atoms with Crippen molar-refractivity contribution >= 4 is 23.2 Å². The number of nitrogens with zero attached hydrogens (tertiary/aromatic N) is 2. The summed E-state index contributed by atoms with van der Waals surface area (Å²) in [4.78, 5) is 31.8. The zero-order chi connectivity index (χ0) is 22.0. The molecule has 0 saturated carbocycles. The van der Waals surface area contributed by atoms with Gasteiger partial charge in [-0.05, 0) is 22.6 Å². The summed E-state index contributed by atoms with van der Waals surface area (Å²) >= 11 is 1.65. The van der Waals surface area contributed by atoms with E-state index in [0.717, 1.165) is 16.0 Å². The van der Waals surface area contributed by atoms with Crippen LogP contribution in [-0.2, 0) is 27.3 Å². The number of benzene rings is 2. The molecule has 3 aromatic rings. The van der Waals surface area contributed by atoms with Crippen LogP contribution in [0.25, 0.3) is 0 Å². The molecule has 0 N–H and O–H groups in total. The van der Waals surface area contributed by atoms with Gasteiger partial charge < -0.3 is 14.5 Å². The molecule has 5 rings (SSSR count). The van der Waals surface area contributed by atoms with Crippen LogP contribution in [0.5, 0.6) is 0 Å². The summed E-state index contributed by atoms with van der Waals surface area (Å²) in [6.45, 7) is 2.32. The Hall–Kier alpha value is -2.96. The lowest BCUT2D eigenvalue weighted by atomic mass is 9.83. The lowest BCUT2D eigenvalue weighted by molar-refractivity contribution is -0.167. The average Bonchev–Trinajstić information content (AvgIpc) is 3.43. The molecule has 2 atom stereocenters. The number of ether oxygens (including phenoxy) is 1.